The van der Waals surface area contributed by atoms with Crippen LogP contribution in [0.5, 0.6) is 0 Å². The summed E-state index contributed by atoms with van der Waals surface area (Å²) >= 11 is 0. The monoisotopic (exact) mass is 870 g/mol. The van der Waals surface area contributed by atoms with Gasteiger partial charge in [-0.2, -0.15) is 0 Å². The summed E-state index contributed by atoms with van der Waals surface area (Å²) in [6, 6.07) is -0.708. The van der Waals surface area contributed by atoms with Gasteiger partial charge in [-0.3, -0.25) is 9.59 Å². The van der Waals surface area contributed by atoms with Gasteiger partial charge in [-0.05, 0) is 70.6 Å². The zero-order chi connectivity index (χ0) is 45.2. The molecule has 362 valence electrons. The minimum absolute atomic E-state index is 0.0631. The lowest BCUT2D eigenvalue weighted by molar-refractivity contribution is -0.151. The Bertz CT molecular complexity index is 1070. The lowest BCUT2D eigenvalue weighted by Crippen LogP contribution is -2.46. The van der Waals surface area contributed by atoms with Crippen molar-refractivity contribution in [3.63, 3.8) is 0 Å². The average molecular weight is 870 g/mol. The molecule has 0 fully saturated rings. The van der Waals surface area contributed by atoms with E-state index in [0.29, 0.717) is 19.3 Å². The lowest BCUT2D eigenvalue weighted by Gasteiger charge is -2.24. The fraction of sp³-hybridized carbons (Fsp3) is 0.821. The molecule has 0 aromatic carbocycles. The zero-order valence-electron chi connectivity index (χ0n) is 41.3. The highest BCUT2D eigenvalue weighted by atomic mass is 16.5. The molecule has 62 heavy (non-hydrogen) atoms. The van der Waals surface area contributed by atoms with E-state index in [2.05, 4.69) is 74.7 Å². The molecule has 3 N–H and O–H groups in total. The Morgan fingerprint density at radius 1 is 0.484 bits per heavy atom. The van der Waals surface area contributed by atoms with Crippen molar-refractivity contribution in [2.24, 2.45) is 0 Å². The first-order valence-corrected chi connectivity index (χ1v) is 26.9. The maximum atomic E-state index is 13.2. The summed E-state index contributed by atoms with van der Waals surface area (Å²) in [5.74, 6) is -0.495. The summed E-state index contributed by atoms with van der Waals surface area (Å²) in [5.41, 5.74) is 0. The number of aliphatic hydroxyl groups excluding tert-OH is 2. The summed E-state index contributed by atoms with van der Waals surface area (Å²) in [7, 11) is 0. The lowest BCUT2D eigenvalue weighted by atomic mass is 10.0. The number of unbranched alkanes of at least 4 members (excludes halogenated alkanes) is 30. The van der Waals surface area contributed by atoms with E-state index in [-0.39, 0.29) is 24.9 Å². The number of hydrogen-bond donors (Lipinski definition) is 3. The summed E-state index contributed by atoms with van der Waals surface area (Å²) in [4.78, 5) is 26.2. The molecule has 0 rings (SSSR count). The van der Waals surface area contributed by atoms with Crippen LogP contribution < -0.4 is 5.32 Å². The molecule has 0 aliphatic carbocycles. The second-order valence-corrected chi connectivity index (χ2v) is 18.3. The summed E-state index contributed by atoms with van der Waals surface area (Å²) in [6.07, 6.45) is 60.3. The van der Waals surface area contributed by atoms with E-state index < -0.39 is 18.2 Å². The van der Waals surface area contributed by atoms with Crippen LogP contribution in [0.3, 0.4) is 0 Å². The van der Waals surface area contributed by atoms with Gasteiger partial charge < -0.3 is 20.3 Å². The van der Waals surface area contributed by atoms with E-state index in [0.717, 1.165) is 77.0 Å². The maximum absolute atomic E-state index is 13.2. The van der Waals surface area contributed by atoms with Crippen molar-refractivity contribution in [2.45, 2.75) is 289 Å². The van der Waals surface area contributed by atoms with Crippen LogP contribution in [0, 0.1) is 0 Å². The van der Waals surface area contributed by atoms with Gasteiger partial charge in [-0.15, -0.1) is 0 Å². The number of hydrogen-bond acceptors (Lipinski definition) is 5. The summed E-state index contributed by atoms with van der Waals surface area (Å²) in [6.45, 7) is 6.36. The number of esters is 1. The molecule has 1 amide bonds. The van der Waals surface area contributed by atoms with Gasteiger partial charge in [0, 0.05) is 6.42 Å². The Labute approximate surface area is 385 Å². The first kappa shape index (κ1) is 59.8. The molecule has 0 saturated carbocycles. The van der Waals surface area contributed by atoms with Gasteiger partial charge in [0.15, 0.2) is 0 Å². The van der Waals surface area contributed by atoms with Crippen LogP contribution in [0.15, 0.2) is 48.6 Å². The number of carbonyl (C=O) groups is 2. The molecular formula is C56H103NO5. The average Bonchev–Trinajstić information content (AvgIpc) is 3.26. The van der Waals surface area contributed by atoms with Gasteiger partial charge in [0.25, 0.3) is 0 Å². The number of carbonyl (C=O) groups excluding carboxylic acids is 2. The van der Waals surface area contributed by atoms with Crippen molar-refractivity contribution < 1.29 is 24.5 Å². The zero-order valence-corrected chi connectivity index (χ0v) is 41.3. The molecule has 3 atom stereocenters. The molecule has 3 unspecified atom stereocenters. The van der Waals surface area contributed by atoms with Crippen molar-refractivity contribution in [2.75, 3.05) is 6.61 Å². The third-order valence-corrected chi connectivity index (χ3v) is 12.2. The Kier molecular flexibility index (Phi) is 48.1. The molecule has 6 nitrogen and oxygen atoms in total. The highest BCUT2D eigenvalue weighted by Gasteiger charge is 2.24. The number of allylic oxidation sites excluding steroid dienone is 8. The smallest absolute Gasteiger partial charge is 0.306 e. The molecule has 0 aromatic heterocycles. The highest BCUT2D eigenvalue weighted by Crippen LogP contribution is 2.18. The van der Waals surface area contributed by atoms with Crippen LogP contribution in [0.2, 0.25) is 0 Å². The molecule has 0 aliphatic heterocycles. The van der Waals surface area contributed by atoms with Gasteiger partial charge in [0.2, 0.25) is 5.91 Å². The highest BCUT2D eigenvalue weighted by molar-refractivity contribution is 5.77. The van der Waals surface area contributed by atoms with Crippen molar-refractivity contribution in [1.29, 1.82) is 0 Å². The number of rotatable bonds is 48. The van der Waals surface area contributed by atoms with Crippen LogP contribution in [0.25, 0.3) is 0 Å². The fourth-order valence-corrected chi connectivity index (χ4v) is 8.13. The van der Waals surface area contributed by atoms with E-state index in [9.17, 15) is 19.8 Å². The van der Waals surface area contributed by atoms with Crippen molar-refractivity contribution in [3.05, 3.63) is 48.6 Å². The molecule has 6 heteroatoms. The first-order valence-electron chi connectivity index (χ1n) is 26.9. The van der Waals surface area contributed by atoms with Crippen molar-refractivity contribution in [1.82, 2.24) is 5.32 Å². The Morgan fingerprint density at radius 2 is 0.887 bits per heavy atom. The third-order valence-electron chi connectivity index (χ3n) is 12.2. The van der Waals surface area contributed by atoms with E-state index >= 15 is 0 Å². The largest absolute Gasteiger partial charge is 0.462 e. The molecule has 0 spiro atoms. The third kappa shape index (κ3) is 44.4. The number of amides is 1. The van der Waals surface area contributed by atoms with Gasteiger partial charge >= 0.3 is 5.97 Å². The van der Waals surface area contributed by atoms with E-state index in [4.69, 9.17) is 4.74 Å². The van der Waals surface area contributed by atoms with E-state index in [1.807, 2.05) is 0 Å². The minimum Gasteiger partial charge on any atom is -0.462 e. The van der Waals surface area contributed by atoms with Crippen molar-refractivity contribution >= 4 is 11.9 Å². The van der Waals surface area contributed by atoms with Crippen LogP contribution in [0.4, 0.5) is 0 Å². The van der Waals surface area contributed by atoms with Gasteiger partial charge in [-0.25, -0.2) is 0 Å². The van der Waals surface area contributed by atoms with Crippen LogP contribution in [0.1, 0.15) is 271 Å². The standard InChI is InChI=1S/C56H103NO5/c1-4-7-10-13-16-19-22-25-27-29-30-32-35-38-41-44-47-52(62-56(61)49-46-43-40-37-34-31-28-26-23-20-17-14-11-8-5-2)50-55(60)57-53(51-58)54(59)48-45-42-39-36-33-24-21-18-15-12-9-6-3/h8,11,14,17,20,23,30,32,52-54,58-59H,4-7,9-10,12-13,15-16,18-19,21-22,24-29,31,33-51H2,1-3H3,(H,57,60)/b11-8+,17-14+,23-20+,32-30+. The minimum atomic E-state index is -0.793. The van der Waals surface area contributed by atoms with Crippen LogP contribution >= 0.6 is 0 Å². The van der Waals surface area contributed by atoms with E-state index in [1.54, 1.807) is 0 Å². The van der Waals surface area contributed by atoms with Gasteiger partial charge in [0.05, 0.1) is 25.2 Å². The summed E-state index contributed by atoms with van der Waals surface area (Å²) in [5, 5.41) is 23.8. The molecule has 0 bridgehead atoms. The normalized spacial score (nSPS) is 13.6. The molecule has 0 saturated heterocycles. The summed E-state index contributed by atoms with van der Waals surface area (Å²) < 4.78 is 5.94. The number of nitrogens with one attached hydrogen (secondary N) is 1. The SMILES string of the molecule is CC/C=C/C=C/C=C/CCCCCCCCCC(=O)OC(CCCCC/C=C/CCCCCCCCCCC)CC(=O)NC(CO)C(O)CCCCCCCCCCCCCC. The fourth-order valence-electron chi connectivity index (χ4n) is 8.13. The van der Waals surface area contributed by atoms with E-state index in [1.165, 1.54) is 148 Å². The number of ether oxygens (including phenoxy) is 1. The topological polar surface area (TPSA) is 95.9 Å². The molecule has 0 radical (unpaired) electrons. The Balaban J connectivity index is 4.61. The van der Waals surface area contributed by atoms with Gasteiger partial charge in [0.1, 0.15) is 6.10 Å². The Hall–Kier alpha value is -2.18. The molecule has 0 aliphatic rings. The van der Waals surface area contributed by atoms with Gasteiger partial charge in [-0.1, -0.05) is 236 Å². The maximum Gasteiger partial charge on any atom is 0.306 e. The number of aliphatic hydroxyl groups is 2. The first-order chi connectivity index (χ1) is 30.5. The van der Waals surface area contributed by atoms with Crippen LogP contribution in [-0.2, 0) is 14.3 Å². The molecular weight excluding hydrogens is 767 g/mol. The quantitative estimate of drug-likeness (QED) is 0.0245. The van der Waals surface area contributed by atoms with Crippen LogP contribution in [-0.4, -0.2) is 46.9 Å². The second-order valence-electron chi connectivity index (χ2n) is 18.3. The van der Waals surface area contributed by atoms with Crippen molar-refractivity contribution in [3.8, 4) is 0 Å². The second kappa shape index (κ2) is 49.8. The predicted octanol–water partition coefficient (Wildman–Crippen LogP) is 16.2. The predicted molar refractivity (Wildman–Crippen MR) is 269 cm³/mol. The Morgan fingerprint density at radius 3 is 1.37 bits per heavy atom. The molecule has 0 heterocycles. The molecule has 0 aromatic rings.